The molecule has 2 heterocycles. The van der Waals surface area contributed by atoms with Crippen molar-refractivity contribution in [3.05, 3.63) is 40.5 Å². The highest BCUT2D eigenvalue weighted by molar-refractivity contribution is 7.89. The molecule has 0 spiro atoms. The summed E-state index contributed by atoms with van der Waals surface area (Å²) in [6, 6.07) is 6.32. The minimum atomic E-state index is -3.62. The fourth-order valence-electron chi connectivity index (χ4n) is 2.34. The maximum Gasteiger partial charge on any atom is 0.260 e. The smallest absolute Gasteiger partial charge is 0.260 e. The molecule has 22 heavy (non-hydrogen) atoms. The van der Waals surface area contributed by atoms with E-state index in [0.717, 1.165) is 0 Å². The summed E-state index contributed by atoms with van der Waals surface area (Å²) in [5.74, 6) is 0. The van der Waals surface area contributed by atoms with Gasteiger partial charge in [-0.15, -0.1) is 0 Å². The van der Waals surface area contributed by atoms with Crippen LogP contribution in [0.25, 0.3) is 5.69 Å². The van der Waals surface area contributed by atoms with Crippen LogP contribution in [-0.4, -0.2) is 48.7 Å². The number of rotatable bonds is 3. The Morgan fingerprint density at radius 2 is 1.86 bits per heavy atom. The van der Waals surface area contributed by atoms with E-state index >= 15 is 0 Å². The molecule has 6 nitrogen and oxygen atoms in total. The van der Waals surface area contributed by atoms with Crippen molar-refractivity contribution in [1.82, 2.24) is 19.4 Å². The molecule has 0 unspecified atom stereocenters. The zero-order chi connectivity index (χ0) is 15.7. The second-order valence-electron chi connectivity index (χ2n) is 4.83. The molecule has 0 amide bonds. The molecular weight excluding hydrogens is 347 g/mol. The van der Waals surface area contributed by atoms with Gasteiger partial charge in [0.25, 0.3) is 10.0 Å². The first kappa shape index (κ1) is 15.8. The lowest BCUT2D eigenvalue weighted by Crippen LogP contribution is -2.46. The lowest BCUT2D eigenvalue weighted by Gasteiger charge is -2.26. The van der Waals surface area contributed by atoms with E-state index in [2.05, 4.69) is 10.4 Å². The zero-order valence-electron chi connectivity index (χ0n) is 11.5. The van der Waals surface area contributed by atoms with Gasteiger partial charge < -0.3 is 5.32 Å². The molecule has 0 radical (unpaired) electrons. The van der Waals surface area contributed by atoms with Crippen molar-refractivity contribution in [3.8, 4) is 5.69 Å². The summed E-state index contributed by atoms with van der Waals surface area (Å²) < 4.78 is 28.4. The number of piperazine rings is 1. The van der Waals surface area contributed by atoms with Crippen LogP contribution in [0.3, 0.4) is 0 Å². The van der Waals surface area contributed by atoms with E-state index in [1.54, 1.807) is 18.2 Å². The predicted molar refractivity (Wildman–Crippen MR) is 85.2 cm³/mol. The Morgan fingerprint density at radius 3 is 2.55 bits per heavy atom. The van der Waals surface area contributed by atoms with E-state index in [-0.39, 0.29) is 5.03 Å². The Labute approximate surface area is 138 Å². The zero-order valence-corrected chi connectivity index (χ0v) is 13.9. The highest BCUT2D eigenvalue weighted by Crippen LogP contribution is 2.27. The Kier molecular flexibility index (Phi) is 4.42. The SMILES string of the molecule is O=S(=O)(c1ccnn1-c1ccc(Cl)cc1Cl)N1CCNCC1. The van der Waals surface area contributed by atoms with Crippen molar-refractivity contribution < 1.29 is 8.42 Å². The molecule has 0 aliphatic carbocycles. The van der Waals surface area contributed by atoms with Gasteiger partial charge in [0.05, 0.1) is 16.9 Å². The molecule has 0 bridgehead atoms. The van der Waals surface area contributed by atoms with Crippen LogP contribution in [0.15, 0.2) is 35.5 Å². The van der Waals surface area contributed by atoms with Gasteiger partial charge in [0, 0.05) is 31.2 Å². The van der Waals surface area contributed by atoms with Gasteiger partial charge in [0.15, 0.2) is 5.03 Å². The van der Waals surface area contributed by atoms with Crippen molar-refractivity contribution in [2.75, 3.05) is 26.2 Å². The van der Waals surface area contributed by atoms with Gasteiger partial charge in [0.1, 0.15) is 0 Å². The van der Waals surface area contributed by atoms with Gasteiger partial charge in [-0.3, -0.25) is 0 Å². The monoisotopic (exact) mass is 360 g/mol. The summed E-state index contributed by atoms with van der Waals surface area (Å²) in [5, 5.41) is 8.15. The second kappa shape index (κ2) is 6.17. The van der Waals surface area contributed by atoms with E-state index in [9.17, 15) is 8.42 Å². The summed E-state index contributed by atoms with van der Waals surface area (Å²) >= 11 is 12.0. The molecule has 2 aromatic rings. The lowest BCUT2D eigenvalue weighted by molar-refractivity contribution is 0.358. The van der Waals surface area contributed by atoms with Crippen LogP contribution in [0.1, 0.15) is 0 Å². The Hall–Kier alpha value is -1.12. The Morgan fingerprint density at radius 1 is 1.14 bits per heavy atom. The minimum absolute atomic E-state index is 0.0959. The number of sulfonamides is 1. The molecule has 118 valence electrons. The van der Waals surface area contributed by atoms with Crippen molar-refractivity contribution in [3.63, 3.8) is 0 Å². The first-order valence-electron chi connectivity index (χ1n) is 6.70. The number of hydrogen-bond acceptors (Lipinski definition) is 4. The number of nitrogens with one attached hydrogen (secondary N) is 1. The van der Waals surface area contributed by atoms with Crippen LogP contribution in [-0.2, 0) is 10.0 Å². The topological polar surface area (TPSA) is 67.2 Å². The fourth-order valence-corrected chi connectivity index (χ4v) is 4.35. The van der Waals surface area contributed by atoms with E-state index in [1.165, 1.54) is 21.3 Å². The maximum atomic E-state index is 12.8. The van der Waals surface area contributed by atoms with Crippen molar-refractivity contribution >= 4 is 33.2 Å². The van der Waals surface area contributed by atoms with Crippen LogP contribution in [0.4, 0.5) is 0 Å². The molecule has 1 aliphatic rings. The van der Waals surface area contributed by atoms with Crippen LogP contribution in [0, 0.1) is 0 Å². The Balaban J connectivity index is 2.05. The fraction of sp³-hybridized carbons (Fsp3) is 0.308. The van der Waals surface area contributed by atoms with Gasteiger partial charge in [-0.1, -0.05) is 23.2 Å². The average Bonchev–Trinajstić information content (AvgIpc) is 2.98. The average molecular weight is 361 g/mol. The molecule has 1 aliphatic heterocycles. The summed E-state index contributed by atoms with van der Waals surface area (Å²) in [6.07, 6.45) is 1.44. The molecule has 1 saturated heterocycles. The summed E-state index contributed by atoms with van der Waals surface area (Å²) in [5.41, 5.74) is 0.477. The minimum Gasteiger partial charge on any atom is -0.314 e. The van der Waals surface area contributed by atoms with Crippen molar-refractivity contribution in [2.45, 2.75) is 5.03 Å². The first-order valence-corrected chi connectivity index (χ1v) is 8.90. The highest BCUT2D eigenvalue weighted by Gasteiger charge is 2.29. The molecular formula is C13H14Cl2N4O2S. The van der Waals surface area contributed by atoms with Crippen LogP contribution in [0.5, 0.6) is 0 Å². The number of aromatic nitrogens is 2. The van der Waals surface area contributed by atoms with Gasteiger partial charge in [-0.25, -0.2) is 13.1 Å². The first-order chi connectivity index (χ1) is 10.5. The molecule has 1 N–H and O–H groups in total. The van der Waals surface area contributed by atoms with E-state index < -0.39 is 10.0 Å². The Bertz CT molecular complexity index is 785. The van der Waals surface area contributed by atoms with Gasteiger partial charge >= 0.3 is 0 Å². The lowest BCUT2D eigenvalue weighted by atomic mass is 10.3. The summed E-state index contributed by atoms with van der Waals surface area (Å²) in [4.78, 5) is 0. The van der Waals surface area contributed by atoms with Crippen LogP contribution >= 0.6 is 23.2 Å². The van der Waals surface area contributed by atoms with Crippen molar-refractivity contribution in [1.29, 1.82) is 0 Å². The quantitative estimate of drug-likeness (QED) is 0.905. The number of nitrogens with zero attached hydrogens (tertiary/aromatic N) is 3. The molecule has 1 aromatic heterocycles. The molecule has 9 heteroatoms. The van der Waals surface area contributed by atoms with E-state index in [4.69, 9.17) is 23.2 Å². The van der Waals surface area contributed by atoms with E-state index in [0.29, 0.717) is 41.9 Å². The largest absolute Gasteiger partial charge is 0.314 e. The van der Waals surface area contributed by atoms with Crippen molar-refractivity contribution in [2.24, 2.45) is 0 Å². The maximum absolute atomic E-state index is 12.8. The summed E-state index contributed by atoms with van der Waals surface area (Å²) in [6.45, 7) is 2.13. The molecule has 0 saturated carbocycles. The van der Waals surface area contributed by atoms with E-state index in [1.807, 2.05) is 0 Å². The molecule has 1 fully saturated rings. The predicted octanol–water partition coefficient (Wildman–Crippen LogP) is 1.77. The summed E-state index contributed by atoms with van der Waals surface area (Å²) in [7, 11) is -3.62. The third-order valence-electron chi connectivity index (χ3n) is 3.43. The van der Waals surface area contributed by atoms with Gasteiger partial charge in [-0.2, -0.15) is 9.40 Å². The highest BCUT2D eigenvalue weighted by atomic mass is 35.5. The third-order valence-corrected chi connectivity index (χ3v) is 5.85. The third kappa shape index (κ3) is 2.87. The van der Waals surface area contributed by atoms with Gasteiger partial charge in [0.2, 0.25) is 0 Å². The van der Waals surface area contributed by atoms with Crippen LogP contribution < -0.4 is 5.32 Å². The number of halogens is 2. The standard InChI is InChI=1S/C13H14Cl2N4O2S/c14-10-1-2-12(11(15)9-10)19-13(3-4-17-19)22(20,21)18-7-5-16-6-8-18/h1-4,9,16H,5-8H2. The van der Waals surface area contributed by atoms with Crippen LogP contribution in [0.2, 0.25) is 10.0 Å². The number of hydrogen-bond donors (Lipinski definition) is 1. The number of benzene rings is 1. The second-order valence-corrected chi connectivity index (χ2v) is 7.56. The molecule has 1 aromatic carbocycles. The molecule has 0 atom stereocenters. The molecule has 3 rings (SSSR count). The van der Waals surface area contributed by atoms with Gasteiger partial charge in [-0.05, 0) is 24.3 Å². The normalized spacial score (nSPS) is 16.8.